The second-order valence-corrected chi connectivity index (χ2v) is 7.35. The zero-order valence-corrected chi connectivity index (χ0v) is 17.1. The Bertz CT molecular complexity index is 732. The molecule has 0 saturated heterocycles. The fourth-order valence-corrected chi connectivity index (χ4v) is 2.66. The van der Waals surface area contributed by atoms with E-state index in [1.54, 1.807) is 21.3 Å². The molecule has 2 N–H and O–H groups in total. The quantitative estimate of drug-likeness (QED) is 0.577. The number of ether oxygens (including phenoxy) is 2. The molecule has 0 spiro atoms. The molecule has 1 unspecified atom stereocenters. The van der Waals surface area contributed by atoms with Gasteiger partial charge in [0.2, 0.25) is 0 Å². The Morgan fingerprint density at radius 1 is 1.15 bits per heavy atom. The van der Waals surface area contributed by atoms with Crippen molar-refractivity contribution in [1.82, 2.24) is 20.4 Å². The van der Waals surface area contributed by atoms with Crippen LogP contribution in [0.1, 0.15) is 26.5 Å². The molecule has 148 valence electrons. The second-order valence-electron chi connectivity index (χ2n) is 7.35. The van der Waals surface area contributed by atoms with Crippen molar-refractivity contribution in [3.05, 3.63) is 42.2 Å². The van der Waals surface area contributed by atoms with Crippen molar-refractivity contribution in [3.63, 3.8) is 0 Å². The topological polar surface area (TPSA) is 72.7 Å². The maximum Gasteiger partial charge on any atom is 0.191 e. The minimum Gasteiger partial charge on any atom is -0.497 e. The molecule has 1 heterocycles. The van der Waals surface area contributed by atoms with E-state index in [-0.39, 0.29) is 11.5 Å². The number of aliphatic imine (C=N–C) groups is 1. The van der Waals surface area contributed by atoms with Gasteiger partial charge in [0.25, 0.3) is 0 Å². The van der Waals surface area contributed by atoms with Gasteiger partial charge in [-0.05, 0) is 35.7 Å². The molecule has 27 heavy (non-hydrogen) atoms. The molecule has 0 aliphatic rings. The molecule has 0 saturated carbocycles. The maximum atomic E-state index is 5.57. The van der Waals surface area contributed by atoms with Crippen molar-refractivity contribution in [3.8, 4) is 11.4 Å². The molecule has 0 bridgehead atoms. The lowest BCUT2D eigenvalue weighted by Gasteiger charge is -2.30. The van der Waals surface area contributed by atoms with Crippen molar-refractivity contribution in [2.45, 2.75) is 33.4 Å². The highest BCUT2D eigenvalue weighted by Crippen LogP contribution is 2.20. The summed E-state index contributed by atoms with van der Waals surface area (Å²) in [4.78, 5) is 4.27. The average molecular weight is 374 g/mol. The first-order valence-electron chi connectivity index (χ1n) is 9.03. The SMILES string of the molecule is CN=C(NCc1ccn(-c2ccc(OC)cc2)n1)NCC(OC)C(C)(C)C. The van der Waals surface area contributed by atoms with Gasteiger partial charge in [-0.15, -0.1) is 0 Å². The van der Waals surface area contributed by atoms with Crippen LogP contribution in [-0.4, -0.2) is 49.7 Å². The molecule has 0 radical (unpaired) electrons. The van der Waals surface area contributed by atoms with Gasteiger partial charge >= 0.3 is 0 Å². The first-order valence-corrected chi connectivity index (χ1v) is 9.03. The molecule has 0 aliphatic heterocycles. The average Bonchev–Trinajstić information content (AvgIpc) is 3.12. The Morgan fingerprint density at radius 2 is 1.85 bits per heavy atom. The second kappa shape index (κ2) is 9.41. The minimum atomic E-state index is 0.0533. The molecule has 2 aromatic rings. The van der Waals surface area contributed by atoms with Crippen molar-refractivity contribution in [2.24, 2.45) is 10.4 Å². The highest BCUT2D eigenvalue weighted by atomic mass is 16.5. The molecule has 1 aromatic heterocycles. The van der Waals surface area contributed by atoms with Crippen LogP contribution in [0.15, 0.2) is 41.5 Å². The molecule has 1 atom stereocenters. The lowest BCUT2D eigenvalue weighted by atomic mass is 9.89. The van der Waals surface area contributed by atoms with Crippen LogP contribution in [0.25, 0.3) is 5.69 Å². The van der Waals surface area contributed by atoms with Gasteiger partial charge in [-0.25, -0.2) is 4.68 Å². The largest absolute Gasteiger partial charge is 0.497 e. The third-order valence-corrected chi connectivity index (χ3v) is 4.35. The summed E-state index contributed by atoms with van der Waals surface area (Å²) in [5, 5.41) is 11.2. The van der Waals surface area contributed by atoms with E-state index in [4.69, 9.17) is 9.47 Å². The van der Waals surface area contributed by atoms with Gasteiger partial charge in [-0.1, -0.05) is 20.8 Å². The van der Waals surface area contributed by atoms with Crippen LogP contribution < -0.4 is 15.4 Å². The Morgan fingerprint density at radius 3 is 2.41 bits per heavy atom. The Balaban J connectivity index is 1.90. The van der Waals surface area contributed by atoms with Crippen molar-refractivity contribution in [2.75, 3.05) is 27.8 Å². The molecular weight excluding hydrogens is 342 g/mol. The van der Waals surface area contributed by atoms with Gasteiger partial charge in [-0.3, -0.25) is 4.99 Å². The fourth-order valence-electron chi connectivity index (χ4n) is 2.66. The summed E-state index contributed by atoms with van der Waals surface area (Å²) >= 11 is 0. The van der Waals surface area contributed by atoms with E-state index in [9.17, 15) is 0 Å². The lowest BCUT2D eigenvalue weighted by Crippen LogP contribution is -2.45. The molecule has 0 aliphatic carbocycles. The number of methoxy groups -OCH3 is 2. The standard InChI is InChI=1S/C20H31N5O2/c1-20(2,3)18(27-6)14-23-19(21-4)22-13-15-11-12-25(24-15)16-7-9-17(26-5)10-8-16/h7-12,18H,13-14H2,1-6H3,(H2,21,22,23). The van der Waals surface area contributed by atoms with Crippen LogP contribution in [-0.2, 0) is 11.3 Å². The van der Waals surface area contributed by atoms with E-state index in [1.807, 2.05) is 41.2 Å². The van der Waals surface area contributed by atoms with Gasteiger partial charge in [0.15, 0.2) is 5.96 Å². The highest BCUT2D eigenvalue weighted by molar-refractivity contribution is 5.79. The van der Waals surface area contributed by atoms with E-state index in [2.05, 4.69) is 41.5 Å². The van der Waals surface area contributed by atoms with Gasteiger partial charge < -0.3 is 20.1 Å². The van der Waals surface area contributed by atoms with Gasteiger partial charge in [-0.2, -0.15) is 5.10 Å². The first kappa shape index (κ1) is 20.8. The highest BCUT2D eigenvalue weighted by Gasteiger charge is 2.24. The van der Waals surface area contributed by atoms with E-state index < -0.39 is 0 Å². The fraction of sp³-hybridized carbons (Fsp3) is 0.500. The Hall–Kier alpha value is -2.54. The number of nitrogens with one attached hydrogen (secondary N) is 2. The number of aromatic nitrogens is 2. The summed E-state index contributed by atoms with van der Waals surface area (Å²) in [5.74, 6) is 1.55. The number of rotatable bonds is 7. The Kier molecular flexibility index (Phi) is 7.24. The molecule has 7 heteroatoms. The zero-order valence-electron chi connectivity index (χ0n) is 17.1. The third-order valence-electron chi connectivity index (χ3n) is 4.35. The van der Waals surface area contributed by atoms with Crippen molar-refractivity contribution >= 4 is 5.96 Å². The van der Waals surface area contributed by atoms with E-state index >= 15 is 0 Å². The van der Waals surface area contributed by atoms with Crippen molar-refractivity contribution < 1.29 is 9.47 Å². The number of benzene rings is 1. The number of nitrogens with zero attached hydrogens (tertiary/aromatic N) is 3. The van der Waals surface area contributed by atoms with Crippen LogP contribution in [0.2, 0.25) is 0 Å². The van der Waals surface area contributed by atoms with Crippen LogP contribution in [0.5, 0.6) is 5.75 Å². The molecule has 2 rings (SSSR count). The normalized spacial score (nSPS) is 13.3. The van der Waals surface area contributed by atoms with Crippen molar-refractivity contribution in [1.29, 1.82) is 0 Å². The minimum absolute atomic E-state index is 0.0533. The van der Waals surface area contributed by atoms with E-state index in [0.29, 0.717) is 13.1 Å². The predicted molar refractivity (Wildman–Crippen MR) is 109 cm³/mol. The number of hydrogen-bond acceptors (Lipinski definition) is 4. The van der Waals surface area contributed by atoms with Crippen LogP contribution in [0, 0.1) is 5.41 Å². The van der Waals surface area contributed by atoms with Gasteiger partial charge in [0.1, 0.15) is 5.75 Å². The summed E-state index contributed by atoms with van der Waals surface area (Å²) < 4.78 is 12.6. The predicted octanol–water partition coefficient (Wildman–Crippen LogP) is 2.61. The molecule has 7 nitrogen and oxygen atoms in total. The van der Waals surface area contributed by atoms with Gasteiger partial charge in [0.05, 0.1) is 31.1 Å². The summed E-state index contributed by atoms with van der Waals surface area (Å²) in [7, 11) is 5.15. The Labute approximate surface area is 161 Å². The summed E-state index contributed by atoms with van der Waals surface area (Å²) in [6.45, 7) is 7.73. The molecule has 0 fully saturated rings. The number of hydrogen-bond donors (Lipinski definition) is 2. The molecule has 1 aromatic carbocycles. The summed E-state index contributed by atoms with van der Waals surface area (Å²) in [6, 6.07) is 9.77. The van der Waals surface area contributed by atoms with Gasteiger partial charge in [0, 0.05) is 26.9 Å². The van der Waals surface area contributed by atoms with Crippen LogP contribution in [0.4, 0.5) is 0 Å². The number of guanidine groups is 1. The maximum absolute atomic E-state index is 5.57. The smallest absolute Gasteiger partial charge is 0.191 e. The third kappa shape index (κ3) is 5.99. The van der Waals surface area contributed by atoms with Crippen LogP contribution in [0.3, 0.4) is 0 Å². The zero-order chi connectivity index (χ0) is 19.9. The van der Waals surface area contributed by atoms with E-state index in [0.717, 1.165) is 23.1 Å². The van der Waals surface area contributed by atoms with Crippen LogP contribution >= 0.6 is 0 Å². The molecule has 0 amide bonds. The molecular formula is C20H31N5O2. The summed E-state index contributed by atoms with van der Waals surface area (Å²) in [6.07, 6.45) is 2.03. The summed E-state index contributed by atoms with van der Waals surface area (Å²) in [5.41, 5.74) is 1.96. The first-order chi connectivity index (χ1) is 12.9. The lowest BCUT2D eigenvalue weighted by molar-refractivity contribution is 0.0205. The monoisotopic (exact) mass is 373 g/mol. The van der Waals surface area contributed by atoms with E-state index in [1.165, 1.54) is 0 Å².